The molecule has 1 heterocycles. The van der Waals surface area contributed by atoms with E-state index in [0.717, 1.165) is 42.2 Å². The molecule has 1 saturated carbocycles. The number of halogens is 2. The molecule has 1 aliphatic carbocycles. The van der Waals surface area contributed by atoms with Crippen LogP contribution in [0.5, 0.6) is 0 Å². The molecule has 0 atom stereocenters. The van der Waals surface area contributed by atoms with Crippen molar-refractivity contribution in [2.75, 3.05) is 17.2 Å². The van der Waals surface area contributed by atoms with Gasteiger partial charge in [-0.25, -0.2) is 18.4 Å². The zero-order chi connectivity index (χ0) is 24.9. The van der Waals surface area contributed by atoms with E-state index < -0.39 is 23.6 Å². The fraction of sp³-hybridized carbons (Fsp3) is 0.400. The maximum atomic E-state index is 13.7. The molecule has 3 N–H and O–H groups in total. The van der Waals surface area contributed by atoms with Crippen LogP contribution in [0.25, 0.3) is 0 Å². The summed E-state index contributed by atoms with van der Waals surface area (Å²) in [5, 5.41) is 13.8. The minimum atomic E-state index is -0.795. The van der Waals surface area contributed by atoms with E-state index in [1.165, 1.54) is 0 Å². The minimum absolute atomic E-state index is 0.141. The molecule has 4 rings (SSSR count). The highest BCUT2D eigenvalue weighted by Crippen LogP contribution is 2.30. The van der Waals surface area contributed by atoms with E-state index in [0.29, 0.717) is 38.0 Å². The first-order valence-electron chi connectivity index (χ1n) is 11.6. The number of aliphatic carboxylic acids is 1. The minimum Gasteiger partial charge on any atom is -0.481 e. The third-order valence-corrected chi connectivity index (χ3v) is 6.44. The number of carbonyl (C=O) groups excluding carboxylic acids is 2. The first kappa shape index (κ1) is 24.4. The fourth-order valence-corrected chi connectivity index (χ4v) is 4.58. The normalized spacial score (nSPS) is 19.4. The molecule has 186 valence electrons. The topological polar surface area (TPSA) is 108 Å². The highest BCUT2D eigenvalue weighted by Gasteiger charge is 2.28. The van der Waals surface area contributed by atoms with Crippen molar-refractivity contribution in [2.45, 2.75) is 51.2 Å². The molecule has 0 unspecified atom stereocenters. The first-order chi connectivity index (χ1) is 16.8. The van der Waals surface area contributed by atoms with E-state index in [-0.39, 0.29) is 30.2 Å². The Morgan fingerprint density at radius 1 is 1.00 bits per heavy atom. The largest absolute Gasteiger partial charge is 0.481 e. The van der Waals surface area contributed by atoms with Crippen molar-refractivity contribution < 1.29 is 33.0 Å². The third kappa shape index (κ3) is 6.46. The van der Waals surface area contributed by atoms with Gasteiger partial charge in [-0.1, -0.05) is 6.07 Å². The molecule has 0 bridgehead atoms. The molecule has 1 fully saturated rings. The van der Waals surface area contributed by atoms with E-state index in [2.05, 4.69) is 10.6 Å². The monoisotopic (exact) mass is 487 g/mol. The fourth-order valence-electron chi connectivity index (χ4n) is 4.58. The standard InChI is InChI=1S/C25H27F2N3O5/c26-18-4-8-21(27)22(13-18)29-24(33)28-19-5-3-17-14-30(10-9-16(17)12-19)25(34)35-20-6-1-15(2-7-20)11-23(31)32/h3-5,8,12-13,15,20H,1-2,6-7,9-11,14H2,(H,31,32)(H2,28,29,33)/t15-,20-. The molecule has 0 saturated heterocycles. The number of carboxylic acid groups (broad SMARTS) is 1. The average Bonchev–Trinajstić information content (AvgIpc) is 2.82. The van der Waals surface area contributed by atoms with Gasteiger partial charge in [0.2, 0.25) is 0 Å². The number of benzene rings is 2. The summed E-state index contributed by atoms with van der Waals surface area (Å²) in [6.45, 7) is 0.841. The number of carbonyl (C=O) groups is 3. The second-order valence-electron chi connectivity index (χ2n) is 8.98. The Kier molecular flexibility index (Phi) is 7.48. The number of nitrogens with one attached hydrogen (secondary N) is 2. The number of amides is 3. The van der Waals surface area contributed by atoms with Crippen LogP contribution in [0.4, 0.5) is 29.7 Å². The maximum absolute atomic E-state index is 13.7. The zero-order valence-electron chi connectivity index (χ0n) is 19.1. The van der Waals surface area contributed by atoms with E-state index in [1.54, 1.807) is 17.0 Å². The summed E-state index contributed by atoms with van der Waals surface area (Å²) in [5.41, 5.74) is 2.13. The number of nitrogens with zero attached hydrogens (tertiary/aromatic N) is 1. The second kappa shape index (κ2) is 10.7. The van der Waals surface area contributed by atoms with Crippen LogP contribution in [0.2, 0.25) is 0 Å². The molecular formula is C25H27F2N3O5. The van der Waals surface area contributed by atoms with Crippen LogP contribution in [0.1, 0.15) is 43.2 Å². The lowest BCUT2D eigenvalue weighted by atomic mass is 9.85. The van der Waals surface area contributed by atoms with Crippen molar-refractivity contribution in [3.63, 3.8) is 0 Å². The van der Waals surface area contributed by atoms with Crippen molar-refractivity contribution in [2.24, 2.45) is 5.92 Å². The van der Waals surface area contributed by atoms with Gasteiger partial charge in [-0.3, -0.25) is 4.79 Å². The lowest BCUT2D eigenvalue weighted by molar-refractivity contribution is -0.138. The maximum Gasteiger partial charge on any atom is 0.410 e. The summed E-state index contributed by atoms with van der Waals surface area (Å²) in [6, 6.07) is 7.39. The van der Waals surface area contributed by atoms with Gasteiger partial charge in [-0.05, 0) is 73.4 Å². The zero-order valence-corrected chi connectivity index (χ0v) is 19.1. The summed E-state index contributed by atoms with van der Waals surface area (Å²) in [6.07, 6.45) is 2.98. The van der Waals surface area contributed by atoms with Crippen LogP contribution < -0.4 is 10.6 Å². The SMILES string of the molecule is O=C(O)C[C@H]1CC[C@H](OC(=O)N2CCc3cc(NC(=O)Nc4cc(F)ccc4F)ccc3C2)CC1. The Labute approximate surface area is 201 Å². The summed E-state index contributed by atoms with van der Waals surface area (Å²) < 4.78 is 32.7. The van der Waals surface area contributed by atoms with Crippen molar-refractivity contribution in [1.82, 2.24) is 4.90 Å². The lowest BCUT2D eigenvalue weighted by Gasteiger charge is -2.32. The lowest BCUT2D eigenvalue weighted by Crippen LogP contribution is -2.39. The Morgan fingerprint density at radius 2 is 1.77 bits per heavy atom. The molecule has 10 heteroatoms. The average molecular weight is 488 g/mol. The van der Waals surface area contributed by atoms with Crippen molar-refractivity contribution in [3.05, 3.63) is 59.2 Å². The van der Waals surface area contributed by atoms with E-state index in [1.807, 2.05) is 6.07 Å². The number of rotatable bonds is 5. The van der Waals surface area contributed by atoms with Crippen molar-refractivity contribution >= 4 is 29.5 Å². The molecule has 8 nitrogen and oxygen atoms in total. The van der Waals surface area contributed by atoms with Crippen LogP contribution in [0.15, 0.2) is 36.4 Å². The number of carboxylic acids is 1. The highest BCUT2D eigenvalue weighted by atomic mass is 19.1. The summed E-state index contributed by atoms with van der Waals surface area (Å²) >= 11 is 0. The van der Waals surface area contributed by atoms with Crippen LogP contribution in [-0.2, 0) is 22.5 Å². The first-order valence-corrected chi connectivity index (χ1v) is 11.6. The van der Waals surface area contributed by atoms with Crippen molar-refractivity contribution in [1.29, 1.82) is 0 Å². The van der Waals surface area contributed by atoms with Crippen LogP contribution in [0, 0.1) is 17.6 Å². The van der Waals surface area contributed by atoms with E-state index in [9.17, 15) is 23.2 Å². The Morgan fingerprint density at radius 3 is 2.51 bits per heavy atom. The summed E-state index contributed by atoms with van der Waals surface area (Å²) in [4.78, 5) is 37.4. The van der Waals surface area contributed by atoms with E-state index in [4.69, 9.17) is 9.84 Å². The second-order valence-corrected chi connectivity index (χ2v) is 8.98. The van der Waals surface area contributed by atoms with Crippen LogP contribution >= 0.6 is 0 Å². The smallest absolute Gasteiger partial charge is 0.410 e. The number of ether oxygens (including phenoxy) is 1. The quantitative estimate of drug-likeness (QED) is 0.542. The molecule has 3 amide bonds. The summed E-state index contributed by atoms with van der Waals surface area (Å²) in [5.74, 6) is -2.06. The van der Waals surface area contributed by atoms with E-state index >= 15 is 0 Å². The van der Waals surface area contributed by atoms with Crippen molar-refractivity contribution in [3.8, 4) is 0 Å². The van der Waals surface area contributed by atoms with Gasteiger partial charge >= 0.3 is 18.1 Å². The third-order valence-electron chi connectivity index (χ3n) is 6.44. The Hall–Kier alpha value is -3.69. The highest BCUT2D eigenvalue weighted by molar-refractivity contribution is 5.99. The van der Waals surface area contributed by atoms with Crippen LogP contribution in [0.3, 0.4) is 0 Å². The molecule has 0 radical (unpaired) electrons. The Bertz CT molecular complexity index is 1120. The molecule has 2 aromatic carbocycles. The van der Waals surface area contributed by atoms with Crippen LogP contribution in [-0.4, -0.2) is 40.7 Å². The van der Waals surface area contributed by atoms with Gasteiger partial charge in [0.05, 0.1) is 5.69 Å². The molecule has 1 aliphatic heterocycles. The van der Waals surface area contributed by atoms with Gasteiger partial charge in [0.15, 0.2) is 0 Å². The molecule has 2 aliphatic rings. The predicted octanol–water partition coefficient (Wildman–Crippen LogP) is 5.14. The number of urea groups is 1. The van der Waals surface area contributed by atoms with Gasteiger partial charge in [-0.15, -0.1) is 0 Å². The molecule has 0 spiro atoms. The Balaban J connectivity index is 1.28. The molecule has 0 aromatic heterocycles. The summed E-state index contributed by atoms with van der Waals surface area (Å²) in [7, 11) is 0. The van der Waals surface area contributed by atoms with Gasteiger partial charge in [0, 0.05) is 31.3 Å². The molecule has 35 heavy (non-hydrogen) atoms. The number of hydrogen-bond acceptors (Lipinski definition) is 4. The number of fused-ring (bicyclic) bond motifs is 1. The van der Waals surface area contributed by atoms with Gasteiger partial charge in [0.25, 0.3) is 0 Å². The van der Waals surface area contributed by atoms with Gasteiger partial charge in [-0.2, -0.15) is 0 Å². The number of hydrogen-bond donors (Lipinski definition) is 3. The predicted molar refractivity (Wildman–Crippen MR) is 124 cm³/mol. The van der Waals surface area contributed by atoms with Gasteiger partial charge in [0.1, 0.15) is 17.7 Å². The molecular weight excluding hydrogens is 460 g/mol. The number of anilines is 2. The van der Waals surface area contributed by atoms with Gasteiger partial charge < -0.3 is 25.4 Å². The molecule has 2 aromatic rings.